The van der Waals surface area contributed by atoms with Crippen molar-refractivity contribution in [1.29, 1.82) is 0 Å². The van der Waals surface area contributed by atoms with E-state index in [1.165, 1.54) is 5.56 Å². The minimum absolute atomic E-state index is 0.403. The topological polar surface area (TPSA) is 103 Å². The molecule has 3 rings (SSSR count). The fourth-order valence-electron chi connectivity index (χ4n) is 2.50. The molecule has 0 saturated heterocycles. The van der Waals surface area contributed by atoms with Gasteiger partial charge >= 0.3 is 11.9 Å². The number of hydrogen-bond donors (Lipinski definition) is 3. The van der Waals surface area contributed by atoms with Gasteiger partial charge in [-0.2, -0.15) is 0 Å². The van der Waals surface area contributed by atoms with Crippen LogP contribution >= 0.6 is 11.8 Å². The summed E-state index contributed by atoms with van der Waals surface area (Å²) in [6.07, 6.45) is 0.325. The van der Waals surface area contributed by atoms with Gasteiger partial charge in [-0.05, 0) is 29.7 Å². The van der Waals surface area contributed by atoms with E-state index in [0.717, 1.165) is 34.8 Å². The van der Waals surface area contributed by atoms with E-state index in [0.29, 0.717) is 5.16 Å². The average molecular weight is 356 g/mol. The van der Waals surface area contributed by atoms with Crippen LogP contribution in [0.4, 0.5) is 0 Å². The Morgan fingerprint density at radius 2 is 1.84 bits per heavy atom. The first-order valence-corrected chi connectivity index (χ1v) is 8.53. The first kappa shape index (κ1) is 17.0. The van der Waals surface area contributed by atoms with Crippen molar-refractivity contribution in [3.05, 3.63) is 59.7 Å². The van der Waals surface area contributed by atoms with Crippen LogP contribution in [0.15, 0.2) is 53.7 Å². The summed E-state index contributed by atoms with van der Waals surface area (Å²) in [5.41, 5.74) is 3.83. The van der Waals surface area contributed by atoms with Gasteiger partial charge in [-0.25, -0.2) is 4.98 Å². The van der Waals surface area contributed by atoms with Crippen LogP contribution in [0.5, 0.6) is 0 Å². The van der Waals surface area contributed by atoms with Crippen molar-refractivity contribution in [2.75, 3.05) is 0 Å². The van der Waals surface area contributed by atoms with E-state index in [4.69, 9.17) is 10.2 Å². The van der Waals surface area contributed by atoms with Crippen molar-refractivity contribution >= 4 is 34.7 Å². The Bertz CT molecular complexity index is 908. The van der Waals surface area contributed by atoms with Crippen LogP contribution in [0, 0.1) is 0 Å². The van der Waals surface area contributed by atoms with Crippen LogP contribution < -0.4 is 0 Å². The van der Waals surface area contributed by atoms with Gasteiger partial charge < -0.3 is 15.2 Å². The van der Waals surface area contributed by atoms with Gasteiger partial charge in [-0.15, -0.1) is 0 Å². The minimum Gasteiger partial charge on any atom is -0.481 e. The van der Waals surface area contributed by atoms with Crippen LogP contribution in [0.2, 0.25) is 0 Å². The maximum absolute atomic E-state index is 11.2. The molecular formula is C18H16N2O4S. The Kier molecular flexibility index (Phi) is 5.04. The fraction of sp³-hybridized carbons (Fsp3) is 0.167. The number of aromatic nitrogens is 2. The molecule has 0 aliphatic heterocycles. The van der Waals surface area contributed by atoms with E-state index in [-0.39, 0.29) is 0 Å². The highest BCUT2D eigenvalue weighted by molar-refractivity contribution is 8.00. The first-order chi connectivity index (χ1) is 12.0. The normalized spacial score (nSPS) is 12.2. The number of hydrogen-bond acceptors (Lipinski definition) is 4. The van der Waals surface area contributed by atoms with Gasteiger partial charge in [0, 0.05) is 0 Å². The van der Waals surface area contributed by atoms with Crippen LogP contribution in [0.3, 0.4) is 0 Å². The Morgan fingerprint density at radius 3 is 2.52 bits per heavy atom. The van der Waals surface area contributed by atoms with Gasteiger partial charge in [0.25, 0.3) is 0 Å². The van der Waals surface area contributed by atoms with Crippen LogP contribution in [-0.4, -0.2) is 37.4 Å². The highest BCUT2D eigenvalue weighted by atomic mass is 32.2. The molecule has 0 aliphatic carbocycles. The molecule has 6 nitrogen and oxygen atoms in total. The number of carboxylic acids is 2. The average Bonchev–Trinajstić information content (AvgIpc) is 2.96. The third-order valence-electron chi connectivity index (χ3n) is 3.66. The van der Waals surface area contributed by atoms with E-state index in [2.05, 4.69) is 22.1 Å². The SMILES string of the molecule is O=C(O)CC(Sc1nc2ccc(Cc3ccccc3)cc2[nH]1)C(=O)O. The predicted octanol–water partition coefficient (Wildman–Crippen LogP) is 3.17. The molecule has 0 amide bonds. The Morgan fingerprint density at radius 1 is 1.08 bits per heavy atom. The van der Waals surface area contributed by atoms with E-state index in [1.807, 2.05) is 36.4 Å². The molecular weight excluding hydrogens is 340 g/mol. The molecule has 128 valence electrons. The van der Waals surface area contributed by atoms with Gasteiger partial charge in [0.05, 0.1) is 17.5 Å². The minimum atomic E-state index is -1.17. The van der Waals surface area contributed by atoms with Gasteiger partial charge in [0.2, 0.25) is 0 Å². The van der Waals surface area contributed by atoms with Crippen LogP contribution in [0.25, 0.3) is 11.0 Å². The zero-order valence-corrected chi connectivity index (χ0v) is 14.0. The third kappa shape index (κ3) is 4.39. The second-order valence-corrected chi connectivity index (χ2v) is 6.79. The number of carboxylic acid groups (broad SMARTS) is 2. The lowest BCUT2D eigenvalue weighted by atomic mass is 10.0. The first-order valence-electron chi connectivity index (χ1n) is 7.65. The van der Waals surface area contributed by atoms with E-state index >= 15 is 0 Å². The number of imidazole rings is 1. The van der Waals surface area contributed by atoms with Crippen molar-refractivity contribution in [3.8, 4) is 0 Å². The summed E-state index contributed by atoms with van der Waals surface area (Å²) in [4.78, 5) is 29.4. The van der Waals surface area contributed by atoms with Crippen molar-refractivity contribution in [1.82, 2.24) is 9.97 Å². The van der Waals surface area contributed by atoms with Crippen LogP contribution in [-0.2, 0) is 16.0 Å². The summed E-state index contributed by atoms with van der Waals surface area (Å²) in [6.45, 7) is 0. The monoisotopic (exact) mass is 356 g/mol. The number of aromatic amines is 1. The number of aliphatic carboxylic acids is 2. The summed E-state index contributed by atoms with van der Waals surface area (Å²) < 4.78 is 0. The van der Waals surface area contributed by atoms with Gasteiger partial charge in [-0.3, -0.25) is 9.59 Å². The summed E-state index contributed by atoms with van der Waals surface area (Å²) in [5, 5.41) is 17.3. The Balaban J connectivity index is 1.80. The molecule has 3 N–H and O–H groups in total. The molecule has 3 aromatic rings. The Hall–Kier alpha value is -2.80. The number of rotatable bonds is 7. The number of fused-ring (bicyclic) bond motifs is 1. The number of nitrogens with zero attached hydrogens (tertiary/aromatic N) is 1. The largest absolute Gasteiger partial charge is 0.481 e. The highest BCUT2D eigenvalue weighted by Crippen LogP contribution is 2.26. The molecule has 0 radical (unpaired) electrons. The second-order valence-electron chi connectivity index (χ2n) is 5.60. The summed E-state index contributed by atoms with van der Waals surface area (Å²) in [7, 11) is 0. The number of H-pyrrole nitrogens is 1. The van der Waals surface area contributed by atoms with Crippen molar-refractivity contribution < 1.29 is 19.8 Å². The molecule has 0 saturated carbocycles. The molecule has 1 unspecified atom stereocenters. The van der Waals surface area contributed by atoms with E-state index < -0.39 is 23.6 Å². The van der Waals surface area contributed by atoms with Crippen LogP contribution in [0.1, 0.15) is 17.5 Å². The molecule has 0 fully saturated rings. The predicted molar refractivity (Wildman–Crippen MR) is 94.9 cm³/mol. The summed E-state index contributed by atoms with van der Waals surface area (Å²) in [6, 6.07) is 15.9. The lowest BCUT2D eigenvalue weighted by molar-refractivity contribution is -0.142. The lowest BCUT2D eigenvalue weighted by Crippen LogP contribution is -2.20. The highest BCUT2D eigenvalue weighted by Gasteiger charge is 2.23. The smallest absolute Gasteiger partial charge is 0.317 e. The Labute approximate surface area is 147 Å². The molecule has 0 bridgehead atoms. The van der Waals surface area contributed by atoms with E-state index in [1.54, 1.807) is 0 Å². The molecule has 0 spiro atoms. The maximum Gasteiger partial charge on any atom is 0.317 e. The fourth-order valence-corrected chi connectivity index (χ4v) is 3.42. The quantitative estimate of drug-likeness (QED) is 0.562. The van der Waals surface area contributed by atoms with Crippen molar-refractivity contribution in [3.63, 3.8) is 0 Å². The summed E-state index contributed by atoms with van der Waals surface area (Å²) >= 11 is 0.914. The third-order valence-corrected chi connectivity index (χ3v) is 4.73. The zero-order valence-electron chi connectivity index (χ0n) is 13.2. The number of nitrogens with one attached hydrogen (secondary N) is 1. The molecule has 7 heteroatoms. The second kappa shape index (κ2) is 7.40. The standard InChI is InChI=1S/C18H16N2O4S/c21-16(22)10-15(17(23)24)25-18-19-13-7-6-12(9-14(13)20-18)8-11-4-2-1-3-5-11/h1-7,9,15H,8,10H2,(H,19,20)(H,21,22)(H,23,24). The van der Waals surface area contributed by atoms with E-state index in [9.17, 15) is 9.59 Å². The maximum atomic E-state index is 11.2. The zero-order chi connectivity index (χ0) is 17.8. The van der Waals surface area contributed by atoms with Gasteiger partial charge in [0.15, 0.2) is 5.16 Å². The molecule has 1 atom stereocenters. The molecule has 0 aliphatic rings. The number of thioether (sulfide) groups is 1. The molecule has 1 heterocycles. The molecule has 1 aromatic heterocycles. The van der Waals surface area contributed by atoms with Gasteiger partial charge in [-0.1, -0.05) is 48.2 Å². The van der Waals surface area contributed by atoms with Gasteiger partial charge in [0.1, 0.15) is 5.25 Å². The van der Waals surface area contributed by atoms with Crippen molar-refractivity contribution in [2.45, 2.75) is 23.2 Å². The molecule has 2 aromatic carbocycles. The summed E-state index contributed by atoms with van der Waals surface area (Å²) in [5.74, 6) is -2.32. The molecule has 25 heavy (non-hydrogen) atoms. The van der Waals surface area contributed by atoms with Crippen molar-refractivity contribution in [2.24, 2.45) is 0 Å². The number of carbonyl (C=O) groups is 2. The number of benzene rings is 2. The lowest BCUT2D eigenvalue weighted by Gasteiger charge is -2.06.